The molecule has 3 aromatic rings. The number of amidine groups is 1. The Balaban J connectivity index is 1.23. The zero-order chi connectivity index (χ0) is 26.6. The summed E-state index contributed by atoms with van der Waals surface area (Å²) >= 11 is 0. The van der Waals surface area contributed by atoms with Crippen LogP contribution in [0.25, 0.3) is 0 Å². The van der Waals surface area contributed by atoms with Gasteiger partial charge in [-0.25, -0.2) is 0 Å². The Labute approximate surface area is 223 Å². The van der Waals surface area contributed by atoms with E-state index in [9.17, 15) is 4.79 Å². The molecule has 9 heteroatoms. The normalized spacial score (nSPS) is 14.3. The van der Waals surface area contributed by atoms with Gasteiger partial charge < -0.3 is 31.0 Å². The van der Waals surface area contributed by atoms with Crippen molar-refractivity contribution < 1.29 is 19.0 Å². The number of nitrogens with two attached hydrogens (primary N) is 2. The molecule has 9 nitrogen and oxygen atoms in total. The highest BCUT2D eigenvalue weighted by Gasteiger charge is 2.11. The van der Waals surface area contributed by atoms with Crippen molar-refractivity contribution in [2.24, 2.45) is 10.7 Å². The molecule has 0 bridgehead atoms. The lowest BCUT2D eigenvalue weighted by atomic mass is 10.1. The Morgan fingerprint density at radius 3 is 2.50 bits per heavy atom. The SMILES string of the molecule is NC(=NC(=O)c1ccc(NCCN2CCOCC2)cc1)c1ccc(OCCOCc2ccccc2)cc1N. The molecule has 0 saturated carbocycles. The number of rotatable bonds is 12. The van der Waals surface area contributed by atoms with Gasteiger partial charge in [0.15, 0.2) is 0 Å². The molecule has 5 N–H and O–H groups in total. The van der Waals surface area contributed by atoms with Gasteiger partial charge in [0.05, 0.1) is 26.4 Å². The average molecular weight is 518 g/mol. The summed E-state index contributed by atoms with van der Waals surface area (Å²) in [5.74, 6) is 0.209. The molecule has 1 aliphatic rings. The number of nitrogen functional groups attached to an aromatic ring is 1. The smallest absolute Gasteiger partial charge is 0.278 e. The van der Waals surface area contributed by atoms with Gasteiger partial charge in [0.25, 0.3) is 5.91 Å². The molecular formula is C29H35N5O4. The summed E-state index contributed by atoms with van der Waals surface area (Å²) in [6, 6.07) is 22.2. The van der Waals surface area contributed by atoms with Crippen LogP contribution in [-0.4, -0.2) is 69.2 Å². The number of hydrogen-bond acceptors (Lipinski definition) is 7. The number of benzene rings is 3. The molecular weight excluding hydrogens is 482 g/mol. The number of carbonyl (C=O) groups is 1. The van der Waals surface area contributed by atoms with Crippen molar-refractivity contribution in [1.29, 1.82) is 0 Å². The van der Waals surface area contributed by atoms with Crippen LogP contribution in [0, 0.1) is 0 Å². The molecule has 38 heavy (non-hydrogen) atoms. The third kappa shape index (κ3) is 8.31. The summed E-state index contributed by atoms with van der Waals surface area (Å²) in [4.78, 5) is 19.1. The Kier molecular flexibility index (Phi) is 10.1. The lowest BCUT2D eigenvalue weighted by molar-refractivity contribution is 0.0398. The number of ether oxygens (including phenoxy) is 3. The number of hydrogen-bond donors (Lipinski definition) is 3. The van der Waals surface area contributed by atoms with E-state index in [-0.39, 0.29) is 5.84 Å². The van der Waals surface area contributed by atoms with Crippen LogP contribution < -0.4 is 21.5 Å². The first-order valence-electron chi connectivity index (χ1n) is 12.8. The van der Waals surface area contributed by atoms with E-state index in [1.54, 1.807) is 30.3 Å². The van der Waals surface area contributed by atoms with Crippen molar-refractivity contribution in [3.63, 3.8) is 0 Å². The van der Waals surface area contributed by atoms with Gasteiger partial charge in [-0.05, 0) is 42.0 Å². The summed E-state index contributed by atoms with van der Waals surface area (Å²) in [5.41, 5.74) is 15.6. The standard InChI is InChI=1S/C29H35N5O4/c30-27-20-25(38-19-18-37-21-22-4-2-1-3-5-22)10-11-26(27)28(31)33-29(35)23-6-8-24(9-7-23)32-12-13-34-14-16-36-17-15-34/h1-11,20,32H,12-19,21,30H2,(H2,31,33,35). The molecule has 0 aromatic heterocycles. The predicted molar refractivity (Wildman–Crippen MR) is 150 cm³/mol. The lowest BCUT2D eigenvalue weighted by Crippen LogP contribution is -2.38. The van der Waals surface area contributed by atoms with E-state index in [1.807, 2.05) is 42.5 Å². The van der Waals surface area contributed by atoms with Gasteiger partial charge >= 0.3 is 0 Å². The molecule has 200 valence electrons. The molecule has 3 aromatic carbocycles. The van der Waals surface area contributed by atoms with Crippen LogP contribution in [0.3, 0.4) is 0 Å². The molecule has 1 amide bonds. The summed E-state index contributed by atoms with van der Waals surface area (Å²) in [6.07, 6.45) is 0. The van der Waals surface area contributed by atoms with Crippen molar-refractivity contribution in [3.05, 3.63) is 89.5 Å². The maximum absolute atomic E-state index is 12.7. The number of nitrogens with one attached hydrogen (secondary N) is 1. The number of aliphatic imine (C=N–C) groups is 1. The van der Waals surface area contributed by atoms with Crippen LogP contribution in [0.15, 0.2) is 77.8 Å². The quantitative estimate of drug-likeness (QED) is 0.145. The second-order valence-electron chi connectivity index (χ2n) is 8.90. The second-order valence-corrected chi connectivity index (χ2v) is 8.90. The molecule has 1 saturated heterocycles. The summed E-state index contributed by atoms with van der Waals surface area (Å²) in [6.45, 7) is 6.60. The summed E-state index contributed by atoms with van der Waals surface area (Å²) in [7, 11) is 0. The van der Waals surface area contributed by atoms with Crippen molar-refractivity contribution in [1.82, 2.24) is 4.90 Å². The lowest BCUT2D eigenvalue weighted by Gasteiger charge is -2.26. The van der Waals surface area contributed by atoms with E-state index in [0.29, 0.717) is 42.4 Å². The molecule has 0 atom stereocenters. The number of carbonyl (C=O) groups excluding carboxylic acids is 1. The number of morpholine rings is 1. The molecule has 1 aliphatic heterocycles. The van der Waals surface area contributed by atoms with Gasteiger partial charge in [0.1, 0.15) is 18.2 Å². The van der Waals surface area contributed by atoms with Crippen LogP contribution in [0.1, 0.15) is 21.5 Å². The molecule has 1 heterocycles. The third-order valence-corrected chi connectivity index (χ3v) is 6.12. The Morgan fingerprint density at radius 2 is 1.76 bits per heavy atom. The first-order valence-corrected chi connectivity index (χ1v) is 12.8. The van der Waals surface area contributed by atoms with Crippen molar-refractivity contribution >= 4 is 23.1 Å². The topological polar surface area (TPSA) is 124 Å². The Bertz CT molecular complexity index is 1200. The summed E-state index contributed by atoms with van der Waals surface area (Å²) < 4.78 is 16.7. The van der Waals surface area contributed by atoms with Crippen molar-refractivity contribution in [3.8, 4) is 5.75 Å². The zero-order valence-corrected chi connectivity index (χ0v) is 21.5. The van der Waals surface area contributed by atoms with Gasteiger partial charge in [-0.2, -0.15) is 4.99 Å². The summed E-state index contributed by atoms with van der Waals surface area (Å²) in [5, 5.41) is 3.38. The van der Waals surface area contributed by atoms with E-state index < -0.39 is 5.91 Å². The maximum Gasteiger partial charge on any atom is 0.278 e. The molecule has 0 radical (unpaired) electrons. The molecule has 1 fully saturated rings. The van der Waals surface area contributed by atoms with Crippen LogP contribution in [0.4, 0.5) is 11.4 Å². The van der Waals surface area contributed by atoms with Gasteiger partial charge in [0.2, 0.25) is 0 Å². The van der Waals surface area contributed by atoms with Crippen LogP contribution in [0.2, 0.25) is 0 Å². The van der Waals surface area contributed by atoms with Gasteiger partial charge in [0, 0.05) is 54.7 Å². The third-order valence-electron chi connectivity index (χ3n) is 6.12. The highest BCUT2D eigenvalue weighted by atomic mass is 16.5. The van der Waals surface area contributed by atoms with E-state index in [1.165, 1.54) is 0 Å². The molecule has 0 spiro atoms. The van der Waals surface area contributed by atoms with Gasteiger partial charge in [-0.3, -0.25) is 9.69 Å². The zero-order valence-electron chi connectivity index (χ0n) is 21.5. The minimum Gasteiger partial charge on any atom is -0.491 e. The van der Waals surface area contributed by atoms with Crippen molar-refractivity contribution in [2.75, 3.05) is 63.7 Å². The Hall–Kier alpha value is -3.92. The highest BCUT2D eigenvalue weighted by molar-refractivity contribution is 6.11. The van der Waals surface area contributed by atoms with Gasteiger partial charge in [-0.1, -0.05) is 30.3 Å². The highest BCUT2D eigenvalue weighted by Crippen LogP contribution is 2.20. The largest absolute Gasteiger partial charge is 0.491 e. The van der Waals surface area contributed by atoms with Crippen molar-refractivity contribution in [2.45, 2.75) is 6.61 Å². The first kappa shape index (κ1) is 27.1. The fourth-order valence-electron chi connectivity index (χ4n) is 3.99. The Morgan fingerprint density at radius 1 is 1.00 bits per heavy atom. The fraction of sp³-hybridized carbons (Fsp3) is 0.310. The monoisotopic (exact) mass is 517 g/mol. The van der Waals surface area contributed by atoms with E-state index in [4.69, 9.17) is 25.7 Å². The van der Waals surface area contributed by atoms with E-state index >= 15 is 0 Å². The maximum atomic E-state index is 12.7. The number of anilines is 2. The second kappa shape index (κ2) is 14.1. The first-order chi connectivity index (χ1) is 18.6. The van der Waals surface area contributed by atoms with Crippen LogP contribution in [-0.2, 0) is 16.1 Å². The fourth-order valence-corrected chi connectivity index (χ4v) is 3.99. The predicted octanol–water partition coefficient (Wildman–Crippen LogP) is 3.15. The van der Waals surface area contributed by atoms with Gasteiger partial charge in [-0.15, -0.1) is 0 Å². The van der Waals surface area contributed by atoms with E-state index in [0.717, 1.165) is 50.6 Å². The van der Waals surface area contributed by atoms with E-state index in [2.05, 4.69) is 15.2 Å². The molecule has 0 unspecified atom stereocenters. The van der Waals surface area contributed by atoms with Crippen LogP contribution >= 0.6 is 0 Å². The number of nitrogens with zero attached hydrogens (tertiary/aromatic N) is 2. The molecule has 0 aliphatic carbocycles. The molecule has 4 rings (SSSR count). The minimum absolute atomic E-state index is 0.0537. The van der Waals surface area contributed by atoms with Crippen LogP contribution in [0.5, 0.6) is 5.75 Å². The number of amides is 1. The minimum atomic E-state index is -0.433. The average Bonchev–Trinajstić information content (AvgIpc) is 2.94.